The number of hydrogen-bond acceptors (Lipinski definition) is 6. The Morgan fingerprint density at radius 2 is 2.11 bits per heavy atom. The van der Waals surface area contributed by atoms with Crippen molar-refractivity contribution in [3.05, 3.63) is 57.5 Å². The maximum absolute atomic E-state index is 13.0. The van der Waals surface area contributed by atoms with Crippen LogP contribution in [0, 0.1) is 5.82 Å². The third-order valence-corrected chi connectivity index (χ3v) is 4.86. The first kappa shape index (κ1) is 19.2. The van der Waals surface area contributed by atoms with Gasteiger partial charge in [-0.1, -0.05) is 12.1 Å². The molecule has 7 nitrogen and oxygen atoms in total. The van der Waals surface area contributed by atoms with E-state index in [0.717, 1.165) is 5.56 Å². The average molecular weight is 375 g/mol. The largest absolute Gasteiger partial charge is 0.501 e. The normalized spacial score (nSPS) is 19.4. The maximum Gasteiger partial charge on any atom is 0.296 e. The predicted molar refractivity (Wildman–Crippen MR) is 96.4 cm³/mol. The van der Waals surface area contributed by atoms with E-state index < -0.39 is 17.1 Å². The van der Waals surface area contributed by atoms with Crippen molar-refractivity contribution in [3.63, 3.8) is 0 Å². The molecule has 0 amide bonds. The summed E-state index contributed by atoms with van der Waals surface area (Å²) in [6.07, 6.45) is 1.03. The van der Waals surface area contributed by atoms with Crippen LogP contribution in [0.4, 0.5) is 4.39 Å². The van der Waals surface area contributed by atoms with Crippen molar-refractivity contribution < 1.29 is 19.0 Å². The fourth-order valence-electron chi connectivity index (χ4n) is 3.22. The molecule has 1 fully saturated rings. The van der Waals surface area contributed by atoms with E-state index in [1.807, 2.05) is 0 Å². The number of aryl methyl sites for hydroxylation is 1. The molecule has 1 aromatic heterocycles. The minimum Gasteiger partial charge on any atom is -0.501 e. The lowest BCUT2D eigenvalue weighted by molar-refractivity contribution is 0.0973. The van der Waals surface area contributed by atoms with Gasteiger partial charge in [0.25, 0.3) is 5.56 Å². The predicted octanol–water partition coefficient (Wildman–Crippen LogP) is 1.49. The first-order chi connectivity index (χ1) is 12.9. The van der Waals surface area contributed by atoms with Crippen LogP contribution in [-0.4, -0.2) is 40.2 Å². The van der Waals surface area contributed by atoms with Gasteiger partial charge in [-0.2, -0.15) is 0 Å². The Morgan fingerprint density at radius 3 is 2.74 bits per heavy atom. The van der Waals surface area contributed by atoms with Gasteiger partial charge in [0.2, 0.25) is 5.75 Å². The van der Waals surface area contributed by atoms with E-state index >= 15 is 0 Å². The lowest BCUT2D eigenvalue weighted by Crippen LogP contribution is -2.29. The number of nitrogens with one attached hydrogen (secondary N) is 1. The summed E-state index contributed by atoms with van der Waals surface area (Å²) in [5, 5.41) is 13.4. The molecule has 0 radical (unpaired) electrons. The molecule has 1 saturated heterocycles. The van der Waals surface area contributed by atoms with Crippen molar-refractivity contribution in [2.24, 2.45) is 7.05 Å². The summed E-state index contributed by atoms with van der Waals surface area (Å²) in [5.74, 6) is -1.04. The SMILES string of the molecule is CO[C@H]1CN[C@H](c2nc(C(=O)CCc3ccc(F)cc3)c(O)c(=O)n2C)C1. The molecule has 144 valence electrons. The first-order valence-corrected chi connectivity index (χ1v) is 8.74. The summed E-state index contributed by atoms with van der Waals surface area (Å²) in [6, 6.07) is 5.60. The minimum atomic E-state index is -0.659. The first-order valence-electron chi connectivity index (χ1n) is 8.74. The molecule has 2 N–H and O–H groups in total. The maximum atomic E-state index is 13.0. The summed E-state index contributed by atoms with van der Waals surface area (Å²) in [6.45, 7) is 0.617. The zero-order chi connectivity index (χ0) is 19.6. The number of rotatable bonds is 6. The van der Waals surface area contributed by atoms with Crippen LogP contribution in [0.3, 0.4) is 0 Å². The van der Waals surface area contributed by atoms with Crippen LogP contribution in [0.2, 0.25) is 0 Å². The molecule has 2 aromatic rings. The molecule has 0 saturated carbocycles. The molecule has 8 heteroatoms. The summed E-state index contributed by atoms with van der Waals surface area (Å²) in [4.78, 5) is 29.2. The molecule has 27 heavy (non-hydrogen) atoms. The standard InChI is InChI=1S/C19H22FN3O4/c1-23-18(14-9-13(27-2)10-21-14)22-16(17(25)19(23)26)15(24)8-5-11-3-6-12(20)7-4-11/h3-4,6-7,13-14,21,25H,5,8-10H2,1-2H3/t13-,14+/m1/s1. The number of carbonyl (C=O) groups excluding carboxylic acids is 1. The van der Waals surface area contributed by atoms with Gasteiger partial charge in [-0.05, 0) is 30.5 Å². The number of halogens is 1. The van der Waals surface area contributed by atoms with E-state index in [1.165, 1.54) is 23.7 Å². The van der Waals surface area contributed by atoms with E-state index in [4.69, 9.17) is 4.74 Å². The zero-order valence-electron chi connectivity index (χ0n) is 15.2. The highest BCUT2D eigenvalue weighted by Crippen LogP contribution is 2.24. The van der Waals surface area contributed by atoms with E-state index in [0.29, 0.717) is 25.2 Å². The third-order valence-electron chi connectivity index (χ3n) is 4.86. The molecule has 1 aliphatic heterocycles. The van der Waals surface area contributed by atoms with Crippen LogP contribution in [0.15, 0.2) is 29.1 Å². The van der Waals surface area contributed by atoms with Crippen LogP contribution in [0.1, 0.15) is 40.8 Å². The van der Waals surface area contributed by atoms with Crippen LogP contribution in [-0.2, 0) is 18.2 Å². The molecule has 3 rings (SSSR count). The second-order valence-electron chi connectivity index (χ2n) is 6.64. The molecule has 1 aliphatic rings. The van der Waals surface area contributed by atoms with Crippen molar-refractivity contribution in [1.82, 2.24) is 14.9 Å². The smallest absolute Gasteiger partial charge is 0.296 e. The zero-order valence-corrected chi connectivity index (χ0v) is 15.2. The number of aromatic hydroxyl groups is 1. The number of ketones is 1. The number of nitrogens with zero attached hydrogens (tertiary/aromatic N) is 2. The lowest BCUT2D eigenvalue weighted by Gasteiger charge is -2.16. The van der Waals surface area contributed by atoms with Gasteiger partial charge in [0.1, 0.15) is 11.6 Å². The van der Waals surface area contributed by atoms with Crippen molar-refractivity contribution in [2.45, 2.75) is 31.4 Å². The van der Waals surface area contributed by atoms with Crippen LogP contribution < -0.4 is 10.9 Å². The Hall–Kier alpha value is -2.58. The van der Waals surface area contributed by atoms with Crippen molar-refractivity contribution in [1.29, 1.82) is 0 Å². The second-order valence-corrected chi connectivity index (χ2v) is 6.64. The van der Waals surface area contributed by atoms with Crippen molar-refractivity contribution in [3.8, 4) is 5.75 Å². The monoisotopic (exact) mass is 375 g/mol. The van der Waals surface area contributed by atoms with Crippen LogP contribution in [0.25, 0.3) is 0 Å². The quantitative estimate of drug-likeness (QED) is 0.743. The molecule has 2 heterocycles. The number of Topliss-reactive ketones (excluding diaryl/α,β-unsaturated/α-hetero) is 1. The minimum absolute atomic E-state index is 0.00154. The molecule has 0 bridgehead atoms. The van der Waals surface area contributed by atoms with Crippen LogP contribution >= 0.6 is 0 Å². The van der Waals surface area contributed by atoms with Crippen LogP contribution in [0.5, 0.6) is 5.75 Å². The van der Waals surface area contributed by atoms with Gasteiger partial charge in [-0.25, -0.2) is 9.37 Å². The molecule has 0 aliphatic carbocycles. The highest BCUT2D eigenvalue weighted by molar-refractivity contribution is 5.96. The summed E-state index contributed by atoms with van der Waals surface area (Å²) in [7, 11) is 3.13. The Kier molecular flexibility index (Phi) is 5.67. The Balaban J connectivity index is 1.82. The number of aromatic nitrogens is 2. The summed E-state index contributed by atoms with van der Waals surface area (Å²) >= 11 is 0. The highest BCUT2D eigenvalue weighted by Gasteiger charge is 2.30. The van der Waals surface area contributed by atoms with Gasteiger partial charge in [-0.3, -0.25) is 14.2 Å². The van der Waals surface area contributed by atoms with E-state index in [9.17, 15) is 19.1 Å². The molecular formula is C19H22FN3O4. The van der Waals surface area contributed by atoms with Crippen molar-refractivity contribution >= 4 is 5.78 Å². The molecular weight excluding hydrogens is 353 g/mol. The number of benzene rings is 1. The Bertz CT molecular complexity index is 895. The van der Waals surface area contributed by atoms with Gasteiger partial charge in [0, 0.05) is 27.1 Å². The van der Waals surface area contributed by atoms with Gasteiger partial charge in [-0.15, -0.1) is 0 Å². The number of hydrogen-bond donors (Lipinski definition) is 2. The van der Waals surface area contributed by atoms with E-state index in [2.05, 4.69) is 10.3 Å². The highest BCUT2D eigenvalue weighted by atomic mass is 19.1. The lowest BCUT2D eigenvalue weighted by atomic mass is 10.1. The summed E-state index contributed by atoms with van der Waals surface area (Å²) < 4.78 is 19.5. The van der Waals surface area contributed by atoms with Crippen molar-refractivity contribution in [2.75, 3.05) is 13.7 Å². The van der Waals surface area contributed by atoms with Gasteiger partial charge in [0.15, 0.2) is 11.5 Å². The molecule has 0 spiro atoms. The molecule has 2 atom stereocenters. The Morgan fingerprint density at radius 1 is 1.41 bits per heavy atom. The van der Waals surface area contributed by atoms with Gasteiger partial charge in [0.05, 0.1) is 12.1 Å². The van der Waals surface area contributed by atoms with Gasteiger partial charge < -0.3 is 15.2 Å². The van der Waals surface area contributed by atoms with Gasteiger partial charge >= 0.3 is 0 Å². The third kappa shape index (κ3) is 4.06. The molecule has 0 unspecified atom stereocenters. The fourth-order valence-corrected chi connectivity index (χ4v) is 3.22. The Labute approximate surface area is 155 Å². The van der Waals surface area contributed by atoms with E-state index in [1.54, 1.807) is 19.2 Å². The topological polar surface area (TPSA) is 93.5 Å². The summed E-state index contributed by atoms with van der Waals surface area (Å²) in [5.41, 5.74) is -0.0978. The number of methoxy groups -OCH3 is 1. The average Bonchev–Trinajstić information content (AvgIpc) is 3.14. The fraction of sp³-hybridized carbons (Fsp3) is 0.421. The molecule has 1 aromatic carbocycles. The van der Waals surface area contributed by atoms with E-state index in [-0.39, 0.29) is 30.1 Å². The number of carbonyl (C=O) groups is 1. The number of ether oxygens (including phenoxy) is 1. The second kappa shape index (κ2) is 7.98.